The zero-order chi connectivity index (χ0) is 12.3. The van der Waals surface area contributed by atoms with E-state index >= 15 is 0 Å². The highest BCUT2D eigenvalue weighted by Gasteiger charge is 2.25. The fraction of sp³-hybridized carbons (Fsp3) is 0.385. The van der Waals surface area contributed by atoms with Crippen molar-refractivity contribution in [3.8, 4) is 0 Å². The predicted octanol–water partition coefficient (Wildman–Crippen LogP) is 1.18. The summed E-state index contributed by atoms with van der Waals surface area (Å²) in [5.41, 5.74) is 1.21. The van der Waals surface area contributed by atoms with Crippen molar-refractivity contribution in [2.75, 3.05) is 19.6 Å². The number of morpholine rings is 1. The molecule has 0 N–H and O–H groups in total. The van der Waals surface area contributed by atoms with Crippen molar-refractivity contribution in [3.63, 3.8) is 0 Å². The Labute approximate surface area is 100 Å². The molecule has 4 heteroatoms. The SMILES string of the molecule is CC(CN1CC(=O)OC(=O)C1)c1ccccc1. The average molecular weight is 233 g/mol. The number of nitrogens with zero attached hydrogens (tertiary/aromatic N) is 1. The predicted molar refractivity (Wildman–Crippen MR) is 62.4 cm³/mol. The Morgan fingerprint density at radius 3 is 2.35 bits per heavy atom. The first-order valence-electron chi connectivity index (χ1n) is 5.66. The minimum Gasteiger partial charge on any atom is -0.391 e. The molecular formula is C13H15NO3. The third-order valence-corrected chi connectivity index (χ3v) is 2.83. The molecule has 1 aliphatic heterocycles. The van der Waals surface area contributed by atoms with Crippen LogP contribution in [0.2, 0.25) is 0 Å². The quantitative estimate of drug-likeness (QED) is 0.581. The third kappa shape index (κ3) is 3.14. The van der Waals surface area contributed by atoms with E-state index in [9.17, 15) is 9.59 Å². The van der Waals surface area contributed by atoms with Crippen LogP contribution in [0.1, 0.15) is 18.4 Å². The van der Waals surface area contributed by atoms with Crippen LogP contribution in [0.15, 0.2) is 30.3 Å². The highest BCUT2D eigenvalue weighted by molar-refractivity contribution is 5.90. The molecule has 90 valence electrons. The van der Waals surface area contributed by atoms with Gasteiger partial charge in [0.2, 0.25) is 0 Å². The van der Waals surface area contributed by atoms with Gasteiger partial charge in [-0.05, 0) is 11.5 Å². The van der Waals surface area contributed by atoms with Crippen molar-refractivity contribution in [2.24, 2.45) is 0 Å². The maximum Gasteiger partial charge on any atom is 0.327 e. The van der Waals surface area contributed by atoms with Gasteiger partial charge >= 0.3 is 11.9 Å². The van der Waals surface area contributed by atoms with Crippen LogP contribution in [0.5, 0.6) is 0 Å². The minimum atomic E-state index is -0.457. The zero-order valence-electron chi connectivity index (χ0n) is 9.76. The Morgan fingerprint density at radius 2 is 1.76 bits per heavy atom. The zero-order valence-corrected chi connectivity index (χ0v) is 9.76. The van der Waals surface area contributed by atoms with Gasteiger partial charge in [0.15, 0.2) is 0 Å². The van der Waals surface area contributed by atoms with Gasteiger partial charge in [-0.25, -0.2) is 0 Å². The molecule has 1 atom stereocenters. The van der Waals surface area contributed by atoms with Gasteiger partial charge in [-0.1, -0.05) is 37.3 Å². The number of cyclic esters (lactones) is 2. The van der Waals surface area contributed by atoms with Crippen LogP contribution < -0.4 is 0 Å². The largest absolute Gasteiger partial charge is 0.391 e. The van der Waals surface area contributed by atoms with Crippen LogP contribution in [0.4, 0.5) is 0 Å². The molecule has 0 saturated carbocycles. The molecule has 1 aliphatic rings. The maximum atomic E-state index is 11.1. The first-order valence-corrected chi connectivity index (χ1v) is 5.66. The Bertz CT molecular complexity index is 400. The number of ether oxygens (including phenoxy) is 1. The molecule has 0 aromatic heterocycles. The van der Waals surface area contributed by atoms with Gasteiger partial charge in [0.05, 0.1) is 13.1 Å². The lowest BCUT2D eigenvalue weighted by Crippen LogP contribution is -2.44. The summed E-state index contributed by atoms with van der Waals surface area (Å²) in [6.07, 6.45) is 0. The van der Waals surface area contributed by atoms with Crippen LogP contribution in [0.3, 0.4) is 0 Å². The van der Waals surface area contributed by atoms with E-state index in [4.69, 9.17) is 0 Å². The molecular weight excluding hydrogens is 218 g/mol. The van der Waals surface area contributed by atoms with Gasteiger partial charge in [-0.2, -0.15) is 0 Å². The molecule has 2 rings (SSSR count). The lowest BCUT2D eigenvalue weighted by atomic mass is 10.0. The van der Waals surface area contributed by atoms with Crippen molar-refractivity contribution in [2.45, 2.75) is 12.8 Å². The summed E-state index contributed by atoms with van der Waals surface area (Å²) in [5.74, 6) is -0.627. The second-order valence-electron chi connectivity index (χ2n) is 4.33. The van der Waals surface area contributed by atoms with E-state index in [1.54, 1.807) is 0 Å². The molecule has 0 bridgehead atoms. The van der Waals surface area contributed by atoms with Crippen molar-refractivity contribution < 1.29 is 14.3 Å². The van der Waals surface area contributed by atoms with Crippen LogP contribution in [0.25, 0.3) is 0 Å². The summed E-state index contributed by atoms with van der Waals surface area (Å²) in [5, 5.41) is 0. The molecule has 0 aliphatic carbocycles. The molecule has 1 heterocycles. The average Bonchev–Trinajstić information content (AvgIpc) is 2.28. The van der Waals surface area contributed by atoms with Gasteiger partial charge < -0.3 is 4.74 Å². The Kier molecular flexibility index (Phi) is 3.54. The van der Waals surface area contributed by atoms with Crippen molar-refractivity contribution in [1.82, 2.24) is 4.90 Å². The van der Waals surface area contributed by atoms with Crippen molar-refractivity contribution in [1.29, 1.82) is 0 Å². The lowest BCUT2D eigenvalue weighted by molar-refractivity contribution is -0.166. The first-order chi connectivity index (χ1) is 8.15. The fourth-order valence-electron chi connectivity index (χ4n) is 2.02. The topological polar surface area (TPSA) is 46.6 Å². The molecule has 1 saturated heterocycles. The maximum absolute atomic E-state index is 11.1. The monoisotopic (exact) mass is 233 g/mol. The molecule has 1 aromatic rings. The van der Waals surface area contributed by atoms with E-state index in [-0.39, 0.29) is 19.0 Å². The van der Waals surface area contributed by atoms with Gasteiger partial charge in [-0.3, -0.25) is 14.5 Å². The second-order valence-corrected chi connectivity index (χ2v) is 4.33. The van der Waals surface area contributed by atoms with Gasteiger partial charge in [0.1, 0.15) is 0 Å². The summed E-state index contributed by atoms with van der Waals surface area (Å²) < 4.78 is 4.48. The number of rotatable bonds is 3. The molecule has 0 radical (unpaired) electrons. The van der Waals surface area contributed by atoms with Gasteiger partial charge in [-0.15, -0.1) is 0 Å². The van der Waals surface area contributed by atoms with E-state index in [0.29, 0.717) is 6.54 Å². The lowest BCUT2D eigenvalue weighted by Gasteiger charge is -2.26. The molecule has 1 fully saturated rings. The van der Waals surface area contributed by atoms with Crippen molar-refractivity contribution >= 4 is 11.9 Å². The molecule has 17 heavy (non-hydrogen) atoms. The molecule has 1 unspecified atom stereocenters. The van der Waals surface area contributed by atoms with E-state index < -0.39 is 11.9 Å². The van der Waals surface area contributed by atoms with Crippen molar-refractivity contribution in [3.05, 3.63) is 35.9 Å². The van der Waals surface area contributed by atoms with Crippen LogP contribution in [-0.4, -0.2) is 36.5 Å². The summed E-state index contributed by atoms with van der Waals surface area (Å²) >= 11 is 0. The minimum absolute atomic E-state index is 0.197. The fourth-order valence-corrected chi connectivity index (χ4v) is 2.02. The summed E-state index contributed by atoms with van der Waals surface area (Å²) in [6.45, 7) is 3.16. The van der Waals surface area contributed by atoms with E-state index in [1.807, 2.05) is 23.1 Å². The van der Waals surface area contributed by atoms with Crippen LogP contribution in [-0.2, 0) is 14.3 Å². The highest BCUT2D eigenvalue weighted by atomic mass is 16.6. The van der Waals surface area contributed by atoms with Crippen LogP contribution >= 0.6 is 0 Å². The number of carbonyl (C=O) groups is 2. The van der Waals surface area contributed by atoms with E-state index in [0.717, 1.165) is 0 Å². The number of carbonyl (C=O) groups excluding carboxylic acids is 2. The number of hydrogen-bond donors (Lipinski definition) is 0. The molecule has 4 nitrogen and oxygen atoms in total. The van der Waals surface area contributed by atoms with Gasteiger partial charge in [0.25, 0.3) is 0 Å². The summed E-state index contributed by atoms with van der Waals surface area (Å²) in [4.78, 5) is 24.1. The summed E-state index contributed by atoms with van der Waals surface area (Å²) in [7, 11) is 0. The highest BCUT2D eigenvalue weighted by Crippen LogP contribution is 2.16. The Morgan fingerprint density at radius 1 is 1.18 bits per heavy atom. The molecule has 0 spiro atoms. The number of hydrogen-bond acceptors (Lipinski definition) is 4. The van der Waals surface area contributed by atoms with E-state index in [1.165, 1.54) is 5.56 Å². The molecule has 0 amide bonds. The smallest absolute Gasteiger partial charge is 0.327 e. The Balaban J connectivity index is 1.97. The number of esters is 2. The second kappa shape index (κ2) is 5.10. The normalized spacial score (nSPS) is 18.9. The number of benzene rings is 1. The standard InChI is InChI=1S/C13H15NO3/c1-10(11-5-3-2-4-6-11)7-14-8-12(15)17-13(16)9-14/h2-6,10H,7-9H2,1H3. The van der Waals surface area contributed by atoms with Gasteiger partial charge in [0, 0.05) is 6.54 Å². The summed E-state index contributed by atoms with van der Waals surface area (Å²) in [6, 6.07) is 10.0. The van der Waals surface area contributed by atoms with Crippen LogP contribution in [0, 0.1) is 0 Å². The third-order valence-electron chi connectivity index (χ3n) is 2.83. The molecule has 1 aromatic carbocycles. The Hall–Kier alpha value is -1.68. The first kappa shape index (κ1) is 11.8. The van der Waals surface area contributed by atoms with E-state index in [2.05, 4.69) is 23.8 Å².